The smallest absolute Gasteiger partial charge is 0.0480 e. The summed E-state index contributed by atoms with van der Waals surface area (Å²) in [6, 6.07) is 1.88. The molecule has 0 aromatic heterocycles. The van der Waals surface area contributed by atoms with Crippen LogP contribution in [0.2, 0.25) is 0 Å². The quantitative estimate of drug-likeness (QED) is 0.806. The number of rotatable bonds is 2. The number of nitrogens with one attached hydrogen (secondary N) is 1. The molecular weight excluding hydrogens is 247 g/mol. The van der Waals surface area contributed by atoms with Crippen molar-refractivity contribution in [2.45, 2.75) is 56.7 Å². The molecule has 0 atom stereocenters. The normalized spacial score (nSPS) is 31.3. The van der Waals surface area contributed by atoms with Crippen LogP contribution in [0.25, 0.3) is 0 Å². The molecule has 3 nitrogen and oxygen atoms in total. The molecule has 0 spiro atoms. The van der Waals surface area contributed by atoms with Gasteiger partial charge in [-0.05, 0) is 38.5 Å². The topological polar surface area (TPSA) is 47.3 Å². The van der Waals surface area contributed by atoms with E-state index in [-0.39, 0.29) is 24.8 Å². The van der Waals surface area contributed by atoms with Gasteiger partial charge >= 0.3 is 0 Å². The fraction of sp³-hybridized carbons (Fsp3) is 1.00. The van der Waals surface area contributed by atoms with Crippen molar-refractivity contribution >= 4 is 24.8 Å². The molecule has 0 unspecified atom stereocenters. The van der Waals surface area contributed by atoms with Crippen LogP contribution in [0.1, 0.15) is 38.5 Å². The Morgan fingerprint density at radius 1 is 0.812 bits per heavy atom. The van der Waals surface area contributed by atoms with Gasteiger partial charge in [0.15, 0.2) is 0 Å². The number of hydrogen-bond donors (Lipinski definition) is 2. The van der Waals surface area contributed by atoms with Crippen LogP contribution in [-0.2, 0) is 4.74 Å². The summed E-state index contributed by atoms with van der Waals surface area (Å²) in [5, 5.41) is 3.74. The van der Waals surface area contributed by atoms with Gasteiger partial charge in [0.2, 0.25) is 0 Å². The minimum Gasteiger partial charge on any atom is -0.381 e. The molecule has 0 aromatic carbocycles. The Morgan fingerprint density at radius 3 is 1.88 bits per heavy atom. The molecule has 3 N–H and O–H groups in total. The van der Waals surface area contributed by atoms with Crippen LogP contribution in [0.15, 0.2) is 0 Å². The summed E-state index contributed by atoms with van der Waals surface area (Å²) in [5.74, 6) is 0. The zero-order valence-electron chi connectivity index (χ0n) is 9.69. The van der Waals surface area contributed by atoms with E-state index in [4.69, 9.17) is 10.5 Å². The van der Waals surface area contributed by atoms with E-state index >= 15 is 0 Å². The Labute approximate surface area is 111 Å². The van der Waals surface area contributed by atoms with Crippen molar-refractivity contribution in [3.63, 3.8) is 0 Å². The molecular formula is C11H24Cl2N2O. The van der Waals surface area contributed by atoms with Gasteiger partial charge in [-0.2, -0.15) is 0 Å². The summed E-state index contributed by atoms with van der Waals surface area (Å²) in [7, 11) is 0. The van der Waals surface area contributed by atoms with Gasteiger partial charge in [0.05, 0.1) is 0 Å². The molecule has 0 radical (unpaired) electrons. The molecule has 1 aliphatic heterocycles. The fourth-order valence-electron chi connectivity index (χ4n) is 2.48. The van der Waals surface area contributed by atoms with Crippen molar-refractivity contribution in [1.82, 2.24) is 5.32 Å². The lowest BCUT2D eigenvalue weighted by molar-refractivity contribution is 0.0729. The van der Waals surface area contributed by atoms with E-state index in [2.05, 4.69) is 5.32 Å². The lowest BCUT2D eigenvalue weighted by atomic mass is 9.91. The van der Waals surface area contributed by atoms with Crippen LogP contribution in [0, 0.1) is 0 Å². The largest absolute Gasteiger partial charge is 0.381 e. The van der Waals surface area contributed by atoms with Crippen molar-refractivity contribution in [3.8, 4) is 0 Å². The third-order valence-electron chi connectivity index (χ3n) is 3.46. The number of halogens is 2. The van der Waals surface area contributed by atoms with E-state index in [1.165, 1.54) is 38.5 Å². The first-order valence-electron chi connectivity index (χ1n) is 5.94. The molecule has 0 bridgehead atoms. The lowest BCUT2D eigenvalue weighted by Crippen LogP contribution is -2.44. The molecule has 5 heteroatoms. The second-order valence-corrected chi connectivity index (χ2v) is 4.67. The maximum atomic E-state index is 5.88. The van der Waals surface area contributed by atoms with Gasteiger partial charge < -0.3 is 15.8 Å². The highest BCUT2D eigenvalue weighted by molar-refractivity contribution is 5.85. The molecule has 0 aromatic rings. The summed E-state index contributed by atoms with van der Waals surface area (Å²) in [5.41, 5.74) is 5.88. The van der Waals surface area contributed by atoms with Crippen molar-refractivity contribution in [2.24, 2.45) is 5.73 Å². The van der Waals surface area contributed by atoms with Crippen molar-refractivity contribution in [1.29, 1.82) is 0 Å². The number of hydrogen-bond acceptors (Lipinski definition) is 3. The molecule has 2 fully saturated rings. The van der Waals surface area contributed by atoms with Crippen molar-refractivity contribution < 1.29 is 4.74 Å². The van der Waals surface area contributed by atoms with Crippen LogP contribution in [0.4, 0.5) is 0 Å². The van der Waals surface area contributed by atoms with Crippen LogP contribution in [0.3, 0.4) is 0 Å². The summed E-state index contributed by atoms with van der Waals surface area (Å²) in [4.78, 5) is 0. The minimum absolute atomic E-state index is 0. The van der Waals surface area contributed by atoms with Gasteiger partial charge in [-0.15, -0.1) is 24.8 Å². The maximum absolute atomic E-state index is 5.88. The second-order valence-electron chi connectivity index (χ2n) is 4.67. The predicted molar refractivity (Wildman–Crippen MR) is 71.7 cm³/mol. The molecule has 2 aliphatic rings. The average Bonchev–Trinajstić information content (AvgIpc) is 2.23. The van der Waals surface area contributed by atoms with E-state index in [0.29, 0.717) is 12.1 Å². The fourth-order valence-corrected chi connectivity index (χ4v) is 2.48. The zero-order valence-corrected chi connectivity index (χ0v) is 11.3. The first kappa shape index (κ1) is 16.5. The van der Waals surface area contributed by atoms with Gasteiger partial charge in [-0.3, -0.25) is 0 Å². The Bertz CT molecular complexity index is 169. The van der Waals surface area contributed by atoms with E-state index < -0.39 is 0 Å². The highest BCUT2D eigenvalue weighted by Gasteiger charge is 2.22. The molecule has 1 aliphatic carbocycles. The Balaban J connectivity index is 0.00000112. The van der Waals surface area contributed by atoms with Crippen molar-refractivity contribution in [3.05, 3.63) is 0 Å². The predicted octanol–water partition coefficient (Wildman–Crippen LogP) is 1.87. The van der Waals surface area contributed by atoms with E-state index in [1.807, 2.05) is 0 Å². The van der Waals surface area contributed by atoms with Crippen molar-refractivity contribution in [2.75, 3.05) is 13.2 Å². The zero-order chi connectivity index (χ0) is 9.80. The SMILES string of the molecule is Cl.Cl.NC1CCC(NC2CCOCC2)CC1. The van der Waals surface area contributed by atoms with Gasteiger partial charge in [-0.25, -0.2) is 0 Å². The lowest BCUT2D eigenvalue weighted by Gasteiger charge is -2.32. The van der Waals surface area contributed by atoms with E-state index in [9.17, 15) is 0 Å². The van der Waals surface area contributed by atoms with Crippen LogP contribution < -0.4 is 11.1 Å². The van der Waals surface area contributed by atoms with Gasteiger partial charge in [-0.1, -0.05) is 0 Å². The monoisotopic (exact) mass is 270 g/mol. The molecule has 0 amide bonds. The first-order valence-corrected chi connectivity index (χ1v) is 5.94. The third-order valence-corrected chi connectivity index (χ3v) is 3.46. The summed E-state index contributed by atoms with van der Waals surface area (Å²) in [6.45, 7) is 1.87. The van der Waals surface area contributed by atoms with Crippen LogP contribution in [-0.4, -0.2) is 31.3 Å². The van der Waals surface area contributed by atoms with Crippen LogP contribution in [0.5, 0.6) is 0 Å². The van der Waals surface area contributed by atoms with E-state index in [0.717, 1.165) is 19.3 Å². The molecule has 1 heterocycles. The molecule has 1 saturated heterocycles. The third kappa shape index (κ3) is 5.19. The Hall–Kier alpha value is 0.460. The molecule has 16 heavy (non-hydrogen) atoms. The van der Waals surface area contributed by atoms with Gasteiger partial charge in [0.25, 0.3) is 0 Å². The summed E-state index contributed by atoms with van der Waals surface area (Å²) in [6.07, 6.45) is 7.28. The number of ether oxygens (including phenoxy) is 1. The molecule has 2 rings (SSSR count). The minimum atomic E-state index is 0. The standard InChI is InChI=1S/C11H22N2O.2ClH/c12-9-1-3-10(4-2-9)13-11-5-7-14-8-6-11;;/h9-11,13H,1-8,12H2;2*1H. The Morgan fingerprint density at radius 2 is 1.31 bits per heavy atom. The maximum Gasteiger partial charge on any atom is 0.0480 e. The van der Waals surface area contributed by atoms with Gasteiger partial charge in [0, 0.05) is 31.3 Å². The van der Waals surface area contributed by atoms with Crippen LogP contribution >= 0.6 is 24.8 Å². The highest BCUT2D eigenvalue weighted by atomic mass is 35.5. The Kier molecular flexibility index (Phi) is 8.78. The van der Waals surface area contributed by atoms with E-state index in [1.54, 1.807) is 0 Å². The molecule has 1 saturated carbocycles. The first-order chi connectivity index (χ1) is 6.84. The average molecular weight is 271 g/mol. The number of nitrogens with two attached hydrogens (primary N) is 1. The second kappa shape index (κ2) is 8.54. The highest BCUT2D eigenvalue weighted by Crippen LogP contribution is 2.19. The summed E-state index contributed by atoms with van der Waals surface area (Å²) >= 11 is 0. The molecule has 98 valence electrons. The summed E-state index contributed by atoms with van der Waals surface area (Å²) < 4.78 is 5.35. The van der Waals surface area contributed by atoms with Gasteiger partial charge in [0.1, 0.15) is 0 Å².